The molecule has 0 saturated carbocycles. The molecule has 1 aliphatic rings. The first-order chi connectivity index (χ1) is 9.43. The predicted octanol–water partition coefficient (Wildman–Crippen LogP) is 0.139. The molecule has 0 radical (unpaired) electrons. The Morgan fingerprint density at radius 1 is 1.20 bits per heavy atom. The van der Waals surface area contributed by atoms with E-state index in [1.165, 1.54) is 12.1 Å². The summed E-state index contributed by atoms with van der Waals surface area (Å²) in [6.45, 7) is -0.442. The zero-order chi connectivity index (χ0) is 14.9. The van der Waals surface area contributed by atoms with Gasteiger partial charge in [-0.05, 0) is 12.1 Å². The summed E-state index contributed by atoms with van der Waals surface area (Å²) in [4.78, 5) is 0. The maximum atomic E-state index is 9.93. The number of hydrogen-bond donors (Lipinski definition) is 4. The van der Waals surface area contributed by atoms with E-state index in [4.69, 9.17) is 43.5 Å². The number of hydrogen-bond acceptors (Lipinski definition) is 6. The van der Waals surface area contributed by atoms with Crippen LogP contribution in [0.15, 0.2) is 18.2 Å². The van der Waals surface area contributed by atoms with Crippen molar-refractivity contribution in [3.8, 4) is 5.75 Å². The summed E-state index contributed by atoms with van der Waals surface area (Å²) in [6.07, 6.45) is -4.48. The average molecular weight is 324 g/mol. The molecule has 0 bridgehead atoms. The molecule has 0 spiro atoms. The van der Waals surface area contributed by atoms with E-state index in [2.05, 4.69) is 0 Å². The molecule has 5 N–H and O–H groups in total. The fourth-order valence-electron chi connectivity index (χ4n) is 1.90. The number of aliphatic hydroxyl groups excluding tert-OH is 3. The van der Waals surface area contributed by atoms with Gasteiger partial charge in [-0.1, -0.05) is 23.2 Å². The lowest BCUT2D eigenvalue weighted by Crippen LogP contribution is -2.63. The Morgan fingerprint density at radius 3 is 2.50 bits per heavy atom. The van der Waals surface area contributed by atoms with Crippen LogP contribution >= 0.6 is 23.2 Å². The van der Waals surface area contributed by atoms with Crippen molar-refractivity contribution < 1.29 is 24.8 Å². The molecule has 5 unspecified atom stereocenters. The summed E-state index contributed by atoms with van der Waals surface area (Å²) in [6, 6.07) is 3.56. The van der Waals surface area contributed by atoms with Crippen molar-refractivity contribution in [2.45, 2.75) is 30.6 Å². The molecule has 1 aromatic carbocycles. The van der Waals surface area contributed by atoms with Crippen molar-refractivity contribution in [1.29, 1.82) is 0 Å². The minimum Gasteiger partial charge on any atom is -0.462 e. The third-order valence-corrected chi connectivity index (χ3v) is 3.82. The number of rotatable bonds is 3. The zero-order valence-electron chi connectivity index (χ0n) is 10.3. The van der Waals surface area contributed by atoms with Gasteiger partial charge in [0.2, 0.25) is 6.29 Å². The van der Waals surface area contributed by atoms with E-state index in [-0.39, 0.29) is 5.02 Å². The second-order valence-corrected chi connectivity index (χ2v) is 5.29. The average Bonchev–Trinajstić information content (AvgIpc) is 2.43. The van der Waals surface area contributed by atoms with Gasteiger partial charge in [0.1, 0.15) is 24.1 Å². The van der Waals surface area contributed by atoms with Crippen LogP contribution in [0.25, 0.3) is 0 Å². The van der Waals surface area contributed by atoms with E-state index in [0.717, 1.165) is 0 Å². The molecule has 20 heavy (non-hydrogen) atoms. The lowest BCUT2D eigenvalue weighted by Gasteiger charge is -2.40. The van der Waals surface area contributed by atoms with E-state index in [1.54, 1.807) is 6.07 Å². The quantitative estimate of drug-likeness (QED) is 0.630. The number of ether oxygens (including phenoxy) is 2. The maximum Gasteiger partial charge on any atom is 0.228 e. The molecule has 1 aliphatic heterocycles. The third-order valence-electron chi connectivity index (χ3n) is 3.08. The van der Waals surface area contributed by atoms with E-state index in [1.807, 2.05) is 0 Å². The van der Waals surface area contributed by atoms with Gasteiger partial charge in [-0.15, -0.1) is 0 Å². The van der Waals surface area contributed by atoms with Crippen LogP contribution in [-0.2, 0) is 4.74 Å². The molecule has 0 amide bonds. The van der Waals surface area contributed by atoms with Gasteiger partial charge in [0, 0.05) is 6.07 Å². The molecule has 2 rings (SSSR count). The Labute approximate surface area is 125 Å². The van der Waals surface area contributed by atoms with Crippen molar-refractivity contribution in [2.24, 2.45) is 5.73 Å². The van der Waals surface area contributed by atoms with Crippen LogP contribution in [0, 0.1) is 0 Å². The zero-order valence-corrected chi connectivity index (χ0v) is 11.8. The highest BCUT2D eigenvalue weighted by molar-refractivity contribution is 6.42. The normalized spacial score (nSPS) is 34.0. The van der Waals surface area contributed by atoms with E-state index < -0.39 is 37.3 Å². The van der Waals surface area contributed by atoms with Gasteiger partial charge in [-0.3, -0.25) is 0 Å². The van der Waals surface area contributed by atoms with Crippen LogP contribution in [-0.4, -0.2) is 52.6 Å². The topological polar surface area (TPSA) is 105 Å². The van der Waals surface area contributed by atoms with Crippen molar-refractivity contribution in [2.75, 3.05) is 6.61 Å². The molecule has 112 valence electrons. The first kappa shape index (κ1) is 15.8. The highest BCUT2D eigenvalue weighted by Crippen LogP contribution is 2.29. The molecular weight excluding hydrogens is 309 g/mol. The summed E-state index contributed by atoms with van der Waals surface area (Å²) < 4.78 is 10.7. The Kier molecular flexibility index (Phi) is 5.09. The van der Waals surface area contributed by atoms with E-state index in [9.17, 15) is 10.2 Å². The Bertz CT molecular complexity index is 473. The second kappa shape index (κ2) is 6.44. The summed E-state index contributed by atoms with van der Waals surface area (Å²) in [5.41, 5.74) is 5.67. The lowest BCUT2D eigenvalue weighted by molar-refractivity contribution is -0.247. The molecular formula is C12H15Cl2NO5. The maximum absolute atomic E-state index is 9.93. The van der Waals surface area contributed by atoms with E-state index >= 15 is 0 Å². The smallest absolute Gasteiger partial charge is 0.228 e. The Balaban J connectivity index is 2.13. The van der Waals surface area contributed by atoms with Gasteiger partial charge in [0.15, 0.2) is 0 Å². The van der Waals surface area contributed by atoms with Crippen LogP contribution in [0.3, 0.4) is 0 Å². The Hall–Kier alpha value is -0.600. The first-order valence-corrected chi connectivity index (χ1v) is 6.69. The summed E-state index contributed by atoms with van der Waals surface area (Å²) in [7, 11) is 0. The first-order valence-electron chi connectivity index (χ1n) is 5.93. The van der Waals surface area contributed by atoms with Gasteiger partial charge in [0.25, 0.3) is 0 Å². The minimum absolute atomic E-state index is 0.289. The molecule has 6 nitrogen and oxygen atoms in total. The molecule has 0 aromatic heterocycles. The largest absolute Gasteiger partial charge is 0.462 e. The Morgan fingerprint density at radius 2 is 1.90 bits per heavy atom. The van der Waals surface area contributed by atoms with E-state index in [0.29, 0.717) is 10.8 Å². The summed E-state index contributed by atoms with van der Waals surface area (Å²) in [5.74, 6) is 0.323. The van der Waals surface area contributed by atoms with Gasteiger partial charge in [-0.2, -0.15) is 0 Å². The fourth-order valence-corrected chi connectivity index (χ4v) is 2.19. The molecule has 1 fully saturated rings. The van der Waals surface area contributed by atoms with Gasteiger partial charge in [0.05, 0.1) is 22.7 Å². The van der Waals surface area contributed by atoms with Crippen LogP contribution in [0.5, 0.6) is 5.75 Å². The monoisotopic (exact) mass is 323 g/mol. The molecule has 1 heterocycles. The molecule has 8 heteroatoms. The number of halogens is 2. The SMILES string of the molecule is NC1C(O)C(CO)OC(Oc2ccc(Cl)c(Cl)c2)C1O. The van der Waals surface area contributed by atoms with Gasteiger partial charge >= 0.3 is 0 Å². The van der Waals surface area contributed by atoms with Crippen molar-refractivity contribution in [1.82, 2.24) is 0 Å². The van der Waals surface area contributed by atoms with Crippen LogP contribution in [0.2, 0.25) is 10.0 Å². The van der Waals surface area contributed by atoms with Gasteiger partial charge < -0.3 is 30.5 Å². The number of benzene rings is 1. The van der Waals surface area contributed by atoms with Crippen molar-refractivity contribution >= 4 is 23.2 Å². The third kappa shape index (κ3) is 3.17. The van der Waals surface area contributed by atoms with Crippen molar-refractivity contribution in [3.63, 3.8) is 0 Å². The standard InChI is InChI=1S/C12H15Cl2NO5/c13-6-2-1-5(3-7(6)14)19-12-11(18)9(15)10(17)8(4-16)20-12/h1-3,8-12,16-18H,4,15H2. The molecule has 0 aliphatic carbocycles. The highest BCUT2D eigenvalue weighted by Gasteiger charge is 2.43. The lowest BCUT2D eigenvalue weighted by atomic mass is 9.97. The number of aliphatic hydroxyl groups is 3. The fraction of sp³-hybridized carbons (Fsp3) is 0.500. The highest BCUT2D eigenvalue weighted by atomic mass is 35.5. The van der Waals surface area contributed by atoms with Crippen LogP contribution in [0.1, 0.15) is 0 Å². The predicted molar refractivity (Wildman–Crippen MR) is 72.8 cm³/mol. The number of nitrogens with two attached hydrogens (primary N) is 1. The van der Waals surface area contributed by atoms with Crippen LogP contribution < -0.4 is 10.5 Å². The van der Waals surface area contributed by atoms with Gasteiger partial charge in [-0.25, -0.2) is 0 Å². The van der Waals surface area contributed by atoms with Crippen LogP contribution in [0.4, 0.5) is 0 Å². The minimum atomic E-state index is -1.25. The second-order valence-electron chi connectivity index (χ2n) is 4.48. The molecule has 1 saturated heterocycles. The summed E-state index contributed by atoms with van der Waals surface area (Å²) >= 11 is 11.6. The molecule has 1 aromatic rings. The summed E-state index contributed by atoms with van der Waals surface area (Å²) in [5, 5.41) is 29.4. The molecule has 5 atom stereocenters. The van der Waals surface area contributed by atoms with Crippen molar-refractivity contribution in [3.05, 3.63) is 28.2 Å².